The lowest BCUT2D eigenvalue weighted by molar-refractivity contribution is 0.501. The van der Waals surface area contributed by atoms with E-state index in [2.05, 4.69) is 22.4 Å². The fourth-order valence-corrected chi connectivity index (χ4v) is 3.83. The second kappa shape index (κ2) is 7.17. The number of nitrogens with zero attached hydrogens (tertiary/aromatic N) is 2. The summed E-state index contributed by atoms with van der Waals surface area (Å²) < 4.78 is 14.9. The summed E-state index contributed by atoms with van der Waals surface area (Å²) >= 11 is 0. The first-order valence-corrected chi connectivity index (χ1v) is 9.77. The lowest BCUT2D eigenvalue weighted by atomic mass is 10.0. The van der Waals surface area contributed by atoms with Gasteiger partial charge >= 0.3 is 0 Å². The number of halogens is 1. The first-order valence-electron chi connectivity index (χ1n) is 9.77. The number of nitrogens with one attached hydrogen (secondary N) is 1. The van der Waals surface area contributed by atoms with Crippen LogP contribution < -0.4 is 10.9 Å². The average molecular weight is 385 g/mol. The van der Waals surface area contributed by atoms with Crippen LogP contribution in [0.5, 0.6) is 0 Å². The molecular weight excluding hydrogens is 365 g/mol. The quantitative estimate of drug-likeness (QED) is 0.508. The van der Waals surface area contributed by atoms with Gasteiger partial charge in [-0.05, 0) is 66.8 Å². The Bertz CT molecular complexity index is 1210. The van der Waals surface area contributed by atoms with Gasteiger partial charge in [0.25, 0.3) is 5.56 Å². The van der Waals surface area contributed by atoms with Crippen LogP contribution in [0.2, 0.25) is 0 Å². The van der Waals surface area contributed by atoms with Crippen molar-refractivity contribution >= 4 is 22.3 Å². The van der Waals surface area contributed by atoms with Gasteiger partial charge in [0.15, 0.2) is 0 Å². The zero-order valence-corrected chi connectivity index (χ0v) is 15.8. The van der Waals surface area contributed by atoms with Crippen LogP contribution in [-0.2, 0) is 0 Å². The molecule has 0 aliphatic heterocycles. The minimum Gasteiger partial charge on any atom is -0.356 e. The van der Waals surface area contributed by atoms with Crippen LogP contribution in [0.1, 0.15) is 24.4 Å². The van der Waals surface area contributed by atoms with E-state index in [4.69, 9.17) is 0 Å². The molecule has 1 N–H and O–H groups in total. The Kier molecular flexibility index (Phi) is 4.35. The lowest BCUT2D eigenvalue weighted by Gasteiger charge is -2.20. The van der Waals surface area contributed by atoms with Crippen molar-refractivity contribution < 1.29 is 4.39 Å². The number of fused-ring (bicyclic) bond motifs is 1. The van der Waals surface area contributed by atoms with Crippen LogP contribution in [-0.4, -0.2) is 9.55 Å². The predicted molar refractivity (Wildman–Crippen MR) is 113 cm³/mol. The summed E-state index contributed by atoms with van der Waals surface area (Å²) in [4.78, 5) is 17.9. The first kappa shape index (κ1) is 17.6. The molecule has 1 fully saturated rings. The van der Waals surface area contributed by atoms with Crippen molar-refractivity contribution in [1.29, 1.82) is 0 Å². The lowest BCUT2D eigenvalue weighted by Crippen LogP contribution is -2.27. The Hall–Kier alpha value is -3.47. The minimum atomic E-state index is -0.284. The average Bonchev–Trinajstić information content (AvgIpc) is 3.58. The molecule has 0 spiro atoms. The van der Waals surface area contributed by atoms with E-state index >= 15 is 0 Å². The van der Waals surface area contributed by atoms with E-state index in [1.54, 1.807) is 23.0 Å². The number of benzene rings is 3. The van der Waals surface area contributed by atoms with Crippen LogP contribution in [0.25, 0.3) is 10.9 Å². The van der Waals surface area contributed by atoms with Crippen molar-refractivity contribution in [2.75, 3.05) is 5.32 Å². The largest absolute Gasteiger partial charge is 0.356 e. The van der Waals surface area contributed by atoms with Gasteiger partial charge < -0.3 is 5.32 Å². The molecular formula is C24H20FN3O. The molecule has 5 rings (SSSR count). The van der Waals surface area contributed by atoms with Gasteiger partial charge in [-0.25, -0.2) is 9.37 Å². The van der Waals surface area contributed by atoms with E-state index in [9.17, 15) is 9.18 Å². The summed E-state index contributed by atoms with van der Waals surface area (Å²) in [6.07, 6.45) is 3.92. The SMILES string of the molecule is O=c1c2cc(Nc3ccc(F)cc3)ccc2ncn1C(c1ccccc1)C1CC1. The Balaban J connectivity index is 1.56. The molecule has 3 aromatic carbocycles. The number of hydrogen-bond acceptors (Lipinski definition) is 3. The molecule has 29 heavy (non-hydrogen) atoms. The summed E-state index contributed by atoms with van der Waals surface area (Å²) in [7, 11) is 0. The van der Waals surface area contributed by atoms with Crippen LogP contribution in [0.3, 0.4) is 0 Å². The van der Waals surface area contributed by atoms with Gasteiger partial charge in [-0.3, -0.25) is 9.36 Å². The van der Waals surface area contributed by atoms with Crippen LogP contribution >= 0.6 is 0 Å². The molecule has 1 unspecified atom stereocenters. The highest BCUT2D eigenvalue weighted by Gasteiger charge is 2.34. The third-order valence-electron chi connectivity index (χ3n) is 5.42. The van der Waals surface area contributed by atoms with Gasteiger partial charge in [0, 0.05) is 11.4 Å². The van der Waals surface area contributed by atoms with Crippen LogP contribution in [0.4, 0.5) is 15.8 Å². The molecule has 5 heteroatoms. The van der Waals surface area contributed by atoms with E-state index in [0.29, 0.717) is 16.8 Å². The van der Waals surface area contributed by atoms with Crippen molar-refractivity contribution in [3.05, 3.63) is 101 Å². The Morgan fingerprint density at radius 2 is 1.69 bits per heavy atom. The normalized spacial score (nSPS) is 14.7. The number of anilines is 2. The highest BCUT2D eigenvalue weighted by molar-refractivity contribution is 5.82. The Morgan fingerprint density at radius 3 is 2.41 bits per heavy atom. The van der Waals surface area contributed by atoms with Gasteiger partial charge in [-0.2, -0.15) is 0 Å². The fraction of sp³-hybridized carbons (Fsp3) is 0.167. The molecule has 1 aliphatic rings. The van der Waals surface area contributed by atoms with Crippen molar-refractivity contribution in [1.82, 2.24) is 9.55 Å². The Labute approximate surface area is 167 Å². The molecule has 0 amide bonds. The van der Waals surface area contributed by atoms with Crippen LogP contribution in [0.15, 0.2) is 83.9 Å². The minimum absolute atomic E-state index is 0.00862. The molecule has 0 radical (unpaired) electrons. The second-order valence-electron chi connectivity index (χ2n) is 7.51. The molecule has 0 saturated heterocycles. The van der Waals surface area contributed by atoms with Crippen molar-refractivity contribution in [2.45, 2.75) is 18.9 Å². The predicted octanol–water partition coefficient (Wildman–Crippen LogP) is 5.28. The molecule has 0 bridgehead atoms. The van der Waals surface area contributed by atoms with E-state index < -0.39 is 0 Å². The first-order chi connectivity index (χ1) is 14.2. The maximum atomic E-state index is 13.4. The molecule has 1 heterocycles. The summed E-state index contributed by atoms with van der Waals surface area (Å²) in [6.45, 7) is 0. The summed E-state index contributed by atoms with van der Waals surface area (Å²) in [5.41, 5.74) is 3.29. The summed E-state index contributed by atoms with van der Waals surface area (Å²) in [5, 5.41) is 3.79. The van der Waals surface area contributed by atoms with Gasteiger partial charge in [-0.15, -0.1) is 0 Å². The highest BCUT2D eigenvalue weighted by atomic mass is 19.1. The molecule has 1 saturated carbocycles. The zero-order chi connectivity index (χ0) is 19.8. The van der Waals surface area contributed by atoms with E-state index in [1.165, 1.54) is 12.1 Å². The van der Waals surface area contributed by atoms with Crippen molar-refractivity contribution in [2.24, 2.45) is 5.92 Å². The second-order valence-corrected chi connectivity index (χ2v) is 7.51. The van der Waals surface area contributed by atoms with Crippen molar-refractivity contribution in [3.8, 4) is 0 Å². The number of hydrogen-bond donors (Lipinski definition) is 1. The monoisotopic (exact) mass is 385 g/mol. The third kappa shape index (κ3) is 3.51. The molecule has 1 atom stereocenters. The number of aromatic nitrogens is 2. The maximum Gasteiger partial charge on any atom is 0.261 e. The van der Waals surface area contributed by atoms with E-state index in [-0.39, 0.29) is 17.4 Å². The molecule has 4 aromatic rings. The Morgan fingerprint density at radius 1 is 0.966 bits per heavy atom. The smallest absolute Gasteiger partial charge is 0.261 e. The topological polar surface area (TPSA) is 46.9 Å². The van der Waals surface area contributed by atoms with Gasteiger partial charge in [0.2, 0.25) is 0 Å². The highest BCUT2D eigenvalue weighted by Crippen LogP contribution is 2.42. The number of rotatable bonds is 5. The molecule has 1 aromatic heterocycles. The molecule has 1 aliphatic carbocycles. The van der Waals surface area contributed by atoms with Gasteiger partial charge in [0.05, 0.1) is 23.3 Å². The van der Waals surface area contributed by atoms with Gasteiger partial charge in [-0.1, -0.05) is 30.3 Å². The van der Waals surface area contributed by atoms with Crippen molar-refractivity contribution in [3.63, 3.8) is 0 Å². The van der Waals surface area contributed by atoms with Crippen LogP contribution in [0, 0.1) is 11.7 Å². The summed E-state index contributed by atoms with van der Waals surface area (Å²) in [5.74, 6) is 0.183. The summed E-state index contributed by atoms with van der Waals surface area (Å²) in [6, 6.07) is 21.8. The molecule has 144 valence electrons. The maximum absolute atomic E-state index is 13.4. The zero-order valence-electron chi connectivity index (χ0n) is 15.8. The van der Waals surface area contributed by atoms with Gasteiger partial charge in [0.1, 0.15) is 5.82 Å². The molecule has 4 nitrogen and oxygen atoms in total. The van der Waals surface area contributed by atoms with E-state index in [0.717, 1.165) is 29.8 Å². The fourth-order valence-electron chi connectivity index (χ4n) is 3.83. The third-order valence-corrected chi connectivity index (χ3v) is 5.42. The van der Waals surface area contributed by atoms with E-state index in [1.807, 2.05) is 36.4 Å². The standard InChI is InChI=1S/C24H20FN3O/c25-18-8-10-19(11-9-18)27-20-12-13-22-21(14-20)24(29)28(15-26-22)23(17-6-7-17)16-4-2-1-3-5-16/h1-5,8-15,17,23,27H,6-7H2.